The van der Waals surface area contributed by atoms with E-state index in [1.807, 2.05) is 0 Å². The van der Waals surface area contributed by atoms with Gasteiger partial charge in [0.1, 0.15) is 11.9 Å². The Morgan fingerprint density at radius 2 is 2.29 bits per heavy atom. The number of hydrogen-bond acceptors (Lipinski definition) is 2. The van der Waals surface area contributed by atoms with E-state index in [4.69, 9.17) is 4.74 Å². The van der Waals surface area contributed by atoms with Crippen LogP contribution in [0.5, 0.6) is 0 Å². The molecule has 1 amide bonds. The fourth-order valence-corrected chi connectivity index (χ4v) is 1.92. The minimum absolute atomic E-state index is 0.0844. The second-order valence-corrected chi connectivity index (χ2v) is 4.13. The van der Waals surface area contributed by atoms with E-state index in [-0.39, 0.29) is 17.8 Å². The van der Waals surface area contributed by atoms with Gasteiger partial charge < -0.3 is 10.1 Å². The van der Waals surface area contributed by atoms with Crippen LogP contribution in [-0.4, -0.2) is 25.2 Å². The lowest BCUT2D eigenvalue weighted by Gasteiger charge is -2.10. The first-order valence-corrected chi connectivity index (χ1v) is 5.90. The van der Waals surface area contributed by atoms with E-state index in [2.05, 4.69) is 5.32 Å². The zero-order valence-corrected chi connectivity index (χ0v) is 9.62. The first-order valence-electron chi connectivity index (χ1n) is 5.90. The summed E-state index contributed by atoms with van der Waals surface area (Å²) in [7, 11) is 0. The van der Waals surface area contributed by atoms with Crippen LogP contribution in [0.25, 0.3) is 0 Å². The van der Waals surface area contributed by atoms with Gasteiger partial charge in [-0.05, 0) is 30.9 Å². The summed E-state index contributed by atoms with van der Waals surface area (Å²) in [5, 5.41) is 2.77. The lowest BCUT2D eigenvalue weighted by Crippen LogP contribution is -2.35. The predicted octanol–water partition coefficient (Wildman–Crippen LogP) is 1.66. The number of rotatable bonds is 4. The molecule has 0 aromatic heterocycles. The highest BCUT2D eigenvalue weighted by Crippen LogP contribution is 2.12. The SMILES string of the molecule is O=C(NCCc1ccccc1F)C1CCCO1. The van der Waals surface area contributed by atoms with Crippen molar-refractivity contribution in [2.24, 2.45) is 0 Å². The Labute approximate surface area is 100.0 Å². The molecule has 1 saturated heterocycles. The first kappa shape index (κ1) is 12.0. The standard InChI is InChI=1S/C13H16FNO2/c14-11-5-2-1-4-10(11)7-8-15-13(16)12-6-3-9-17-12/h1-2,4-5,12H,3,6-9H2,(H,15,16). The first-order chi connectivity index (χ1) is 8.27. The molecule has 4 heteroatoms. The summed E-state index contributed by atoms with van der Waals surface area (Å²) in [5.41, 5.74) is 0.625. The minimum Gasteiger partial charge on any atom is -0.368 e. The van der Waals surface area contributed by atoms with Crippen molar-refractivity contribution in [1.29, 1.82) is 0 Å². The second kappa shape index (κ2) is 5.77. The van der Waals surface area contributed by atoms with Gasteiger partial charge in [0.2, 0.25) is 5.91 Å². The lowest BCUT2D eigenvalue weighted by molar-refractivity contribution is -0.129. The highest BCUT2D eigenvalue weighted by Gasteiger charge is 2.22. The van der Waals surface area contributed by atoms with E-state index in [0.29, 0.717) is 25.1 Å². The average Bonchev–Trinajstić information content (AvgIpc) is 2.85. The molecule has 0 spiro atoms. The zero-order valence-electron chi connectivity index (χ0n) is 9.62. The van der Waals surface area contributed by atoms with Gasteiger partial charge in [0, 0.05) is 13.2 Å². The molecule has 1 aliphatic heterocycles. The molecule has 2 rings (SSSR count). The molecule has 0 aliphatic carbocycles. The quantitative estimate of drug-likeness (QED) is 0.865. The van der Waals surface area contributed by atoms with Crippen LogP contribution in [0.4, 0.5) is 4.39 Å². The number of carbonyl (C=O) groups excluding carboxylic acids is 1. The summed E-state index contributed by atoms with van der Waals surface area (Å²) >= 11 is 0. The number of nitrogens with one attached hydrogen (secondary N) is 1. The van der Waals surface area contributed by atoms with E-state index < -0.39 is 0 Å². The number of ether oxygens (including phenoxy) is 1. The Hall–Kier alpha value is -1.42. The van der Waals surface area contributed by atoms with Gasteiger partial charge in [-0.2, -0.15) is 0 Å². The molecule has 3 nitrogen and oxygen atoms in total. The van der Waals surface area contributed by atoms with E-state index in [9.17, 15) is 9.18 Å². The molecule has 17 heavy (non-hydrogen) atoms. The smallest absolute Gasteiger partial charge is 0.249 e. The largest absolute Gasteiger partial charge is 0.368 e. The average molecular weight is 237 g/mol. The van der Waals surface area contributed by atoms with Gasteiger partial charge in [0.05, 0.1) is 0 Å². The van der Waals surface area contributed by atoms with Crippen LogP contribution in [0.3, 0.4) is 0 Å². The number of amides is 1. The molecular formula is C13H16FNO2. The van der Waals surface area contributed by atoms with Crippen LogP contribution < -0.4 is 5.32 Å². The molecule has 1 aliphatic rings. The van der Waals surface area contributed by atoms with Gasteiger partial charge in [0.15, 0.2) is 0 Å². The van der Waals surface area contributed by atoms with Crippen LogP contribution in [0, 0.1) is 5.82 Å². The second-order valence-electron chi connectivity index (χ2n) is 4.13. The summed E-state index contributed by atoms with van der Waals surface area (Å²) in [6, 6.07) is 6.61. The molecule has 1 N–H and O–H groups in total. The van der Waals surface area contributed by atoms with Crippen molar-refractivity contribution < 1.29 is 13.9 Å². The molecule has 1 atom stereocenters. The highest BCUT2D eigenvalue weighted by molar-refractivity contribution is 5.80. The van der Waals surface area contributed by atoms with Crippen LogP contribution >= 0.6 is 0 Å². The van der Waals surface area contributed by atoms with Crippen LogP contribution in [0.2, 0.25) is 0 Å². The molecule has 1 fully saturated rings. The topological polar surface area (TPSA) is 38.3 Å². The Balaban J connectivity index is 1.76. The summed E-state index contributed by atoms with van der Waals surface area (Å²) in [6.45, 7) is 1.10. The maximum absolute atomic E-state index is 13.3. The maximum atomic E-state index is 13.3. The monoisotopic (exact) mass is 237 g/mol. The number of hydrogen-bond donors (Lipinski definition) is 1. The van der Waals surface area contributed by atoms with Crippen molar-refractivity contribution in [2.45, 2.75) is 25.4 Å². The Kier molecular flexibility index (Phi) is 4.09. The van der Waals surface area contributed by atoms with Crippen molar-refractivity contribution >= 4 is 5.91 Å². The molecule has 92 valence electrons. The normalized spacial score (nSPS) is 19.2. The molecule has 1 aromatic rings. The van der Waals surface area contributed by atoms with E-state index >= 15 is 0 Å². The van der Waals surface area contributed by atoms with Crippen LogP contribution in [-0.2, 0) is 16.0 Å². The Morgan fingerprint density at radius 3 is 3.00 bits per heavy atom. The highest BCUT2D eigenvalue weighted by atomic mass is 19.1. The van der Waals surface area contributed by atoms with Gasteiger partial charge in [-0.1, -0.05) is 18.2 Å². The van der Waals surface area contributed by atoms with Gasteiger partial charge in [-0.25, -0.2) is 4.39 Å². The van der Waals surface area contributed by atoms with Crippen LogP contribution in [0.1, 0.15) is 18.4 Å². The van der Waals surface area contributed by atoms with Crippen molar-refractivity contribution in [2.75, 3.05) is 13.2 Å². The number of halogens is 1. The molecular weight excluding hydrogens is 221 g/mol. The van der Waals surface area contributed by atoms with Crippen molar-refractivity contribution in [3.8, 4) is 0 Å². The Morgan fingerprint density at radius 1 is 1.47 bits per heavy atom. The molecule has 1 heterocycles. The van der Waals surface area contributed by atoms with Crippen molar-refractivity contribution in [1.82, 2.24) is 5.32 Å². The molecule has 0 radical (unpaired) electrons. The molecule has 1 aromatic carbocycles. The van der Waals surface area contributed by atoms with Gasteiger partial charge in [-0.15, -0.1) is 0 Å². The molecule has 1 unspecified atom stereocenters. The van der Waals surface area contributed by atoms with Gasteiger partial charge in [0.25, 0.3) is 0 Å². The number of benzene rings is 1. The summed E-state index contributed by atoms with van der Waals surface area (Å²) in [4.78, 5) is 11.6. The number of carbonyl (C=O) groups is 1. The third kappa shape index (κ3) is 3.27. The maximum Gasteiger partial charge on any atom is 0.249 e. The summed E-state index contributed by atoms with van der Waals surface area (Å²) in [6.07, 6.45) is 1.91. The van der Waals surface area contributed by atoms with Gasteiger partial charge >= 0.3 is 0 Å². The fraction of sp³-hybridized carbons (Fsp3) is 0.462. The third-order valence-corrected chi connectivity index (χ3v) is 2.87. The molecule has 0 saturated carbocycles. The third-order valence-electron chi connectivity index (χ3n) is 2.87. The lowest BCUT2D eigenvalue weighted by atomic mass is 10.1. The summed E-state index contributed by atoms with van der Waals surface area (Å²) in [5.74, 6) is -0.308. The van der Waals surface area contributed by atoms with E-state index in [1.165, 1.54) is 6.07 Å². The molecule has 0 bridgehead atoms. The summed E-state index contributed by atoms with van der Waals surface area (Å²) < 4.78 is 18.5. The van der Waals surface area contributed by atoms with Crippen molar-refractivity contribution in [3.05, 3.63) is 35.6 Å². The Bertz CT molecular complexity index is 389. The van der Waals surface area contributed by atoms with Gasteiger partial charge in [-0.3, -0.25) is 4.79 Å². The predicted molar refractivity (Wildman–Crippen MR) is 62.1 cm³/mol. The fourth-order valence-electron chi connectivity index (χ4n) is 1.92. The van der Waals surface area contributed by atoms with E-state index in [0.717, 1.165) is 12.8 Å². The zero-order chi connectivity index (χ0) is 12.1. The van der Waals surface area contributed by atoms with Crippen molar-refractivity contribution in [3.63, 3.8) is 0 Å². The van der Waals surface area contributed by atoms with Crippen LogP contribution in [0.15, 0.2) is 24.3 Å². The van der Waals surface area contributed by atoms with E-state index in [1.54, 1.807) is 18.2 Å². The minimum atomic E-state index is -0.310.